The first-order valence-corrected chi connectivity index (χ1v) is 5.86. The van der Waals surface area contributed by atoms with Gasteiger partial charge in [0.1, 0.15) is 12.1 Å². The topological polar surface area (TPSA) is 85.0 Å². The molecule has 19 heavy (non-hydrogen) atoms. The number of hydrogen-bond acceptors (Lipinski definition) is 6. The van der Waals surface area contributed by atoms with Crippen molar-refractivity contribution in [2.45, 2.75) is 6.54 Å². The summed E-state index contributed by atoms with van der Waals surface area (Å²) in [5.74, 6) is 2.18. The number of anilines is 2. The molecule has 0 bridgehead atoms. The second kappa shape index (κ2) is 4.56. The summed E-state index contributed by atoms with van der Waals surface area (Å²) < 4.78 is 3.58. The number of nitrogens with one attached hydrogen (secondary N) is 2. The van der Waals surface area contributed by atoms with Gasteiger partial charge in [0.15, 0.2) is 17.3 Å². The van der Waals surface area contributed by atoms with Crippen LogP contribution in [0.3, 0.4) is 0 Å². The first-order valence-electron chi connectivity index (χ1n) is 5.86. The van der Waals surface area contributed by atoms with E-state index in [2.05, 4.69) is 30.7 Å². The fourth-order valence-corrected chi connectivity index (χ4v) is 1.80. The van der Waals surface area contributed by atoms with Crippen molar-refractivity contribution in [2.24, 2.45) is 7.05 Å². The highest BCUT2D eigenvalue weighted by Gasteiger charge is 2.07. The van der Waals surface area contributed by atoms with Crippen LogP contribution in [-0.4, -0.2) is 36.2 Å². The van der Waals surface area contributed by atoms with Crippen molar-refractivity contribution >= 4 is 17.3 Å². The SMILES string of the molecule is CNc1cn2ccnc2c(NCc2ncn(C)n2)n1. The number of nitrogens with zero attached hydrogens (tertiary/aromatic N) is 6. The molecule has 8 nitrogen and oxygen atoms in total. The Hall–Kier alpha value is -2.64. The summed E-state index contributed by atoms with van der Waals surface area (Å²) in [4.78, 5) is 12.9. The zero-order valence-electron chi connectivity index (χ0n) is 10.7. The van der Waals surface area contributed by atoms with Gasteiger partial charge in [-0.3, -0.25) is 4.68 Å². The third-order valence-electron chi connectivity index (χ3n) is 2.69. The summed E-state index contributed by atoms with van der Waals surface area (Å²) in [5.41, 5.74) is 0.773. The second-order valence-electron chi connectivity index (χ2n) is 4.07. The molecule has 0 aliphatic carbocycles. The highest BCUT2D eigenvalue weighted by molar-refractivity contribution is 5.65. The maximum Gasteiger partial charge on any atom is 0.180 e. The number of fused-ring (bicyclic) bond motifs is 1. The molecule has 0 aliphatic rings. The number of imidazole rings is 1. The van der Waals surface area contributed by atoms with Crippen molar-refractivity contribution in [1.82, 2.24) is 29.1 Å². The van der Waals surface area contributed by atoms with Gasteiger partial charge >= 0.3 is 0 Å². The Balaban J connectivity index is 1.88. The molecule has 3 heterocycles. The first kappa shape index (κ1) is 11.5. The van der Waals surface area contributed by atoms with Gasteiger partial charge in [-0.15, -0.1) is 0 Å². The molecule has 0 amide bonds. The minimum Gasteiger partial charge on any atom is -0.372 e. The highest BCUT2D eigenvalue weighted by atomic mass is 15.3. The fourth-order valence-electron chi connectivity index (χ4n) is 1.80. The molecule has 3 aromatic heterocycles. The Kier molecular flexibility index (Phi) is 2.75. The van der Waals surface area contributed by atoms with E-state index in [-0.39, 0.29) is 0 Å². The van der Waals surface area contributed by atoms with E-state index in [1.807, 2.05) is 30.9 Å². The molecule has 3 rings (SSSR count). The van der Waals surface area contributed by atoms with Gasteiger partial charge in [-0.1, -0.05) is 0 Å². The molecule has 98 valence electrons. The van der Waals surface area contributed by atoms with Crippen molar-refractivity contribution in [3.63, 3.8) is 0 Å². The van der Waals surface area contributed by atoms with Gasteiger partial charge in [-0.2, -0.15) is 5.10 Å². The quantitative estimate of drug-likeness (QED) is 0.709. The Morgan fingerprint density at radius 2 is 2.21 bits per heavy atom. The first-order chi connectivity index (χ1) is 9.26. The van der Waals surface area contributed by atoms with E-state index in [1.165, 1.54) is 0 Å². The molecule has 3 aromatic rings. The molecule has 0 aromatic carbocycles. The van der Waals surface area contributed by atoms with Crippen LogP contribution in [0.15, 0.2) is 24.9 Å². The van der Waals surface area contributed by atoms with Gasteiger partial charge in [0, 0.05) is 26.5 Å². The van der Waals surface area contributed by atoms with Crippen molar-refractivity contribution in [1.29, 1.82) is 0 Å². The lowest BCUT2D eigenvalue weighted by Gasteiger charge is -2.07. The molecule has 0 fully saturated rings. The van der Waals surface area contributed by atoms with Crippen molar-refractivity contribution in [3.8, 4) is 0 Å². The standard InChI is InChI=1S/C11H14N8/c1-12-9-6-19-4-3-13-11(19)10(16-9)14-5-8-15-7-18(2)17-8/h3-4,6-7,12H,5H2,1-2H3,(H,14,16). The summed E-state index contributed by atoms with van der Waals surface area (Å²) in [6.45, 7) is 0.503. The Bertz CT molecular complexity index is 698. The maximum atomic E-state index is 4.45. The van der Waals surface area contributed by atoms with E-state index < -0.39 is 0 Å². The van der Waals surface area contributed by atoms with E-state index in [9.17, 15) is 0 Å². The minimum absolute atomic E-state index is 0.503. The van der Waals surface area contributed by atoms with Gasteiger partial charge in [0.2, 0.25) is 0 Å². The number of aryl methyl sites for hydroxylation is 1. The third-order valence-corrected chi connectivity index (χ3v) is 2.69. The highest BCUT2D eigenvalue weighted by Crippen LogP contribution is 2.16. The lowest BCUT2D eigenvalue weighted by molar-refractivity contribution is 0.747. The minimum atomic E-state index is 0.503. The summed E-state index contributed by atoms with van der Waals surface area (Å²) >= 11 is 0. The van der Waals surface area contributed by atoms with Crippen LogP contribution in [0.1, 0.15) is 5.82 Å². The monoisotopic (exact) mass is 258 g/mol. The van der Waals surface area contributed by atoms with Crippen LogP contribution in [0.4, 0.5) is 11.6 Å². The molecule has 0 aliphatic heterocycles. The van der Waals surface area contributed by atoms with Gasteiger partial charge in [-0.05, 0) is 0 Å². The second-order valence-corrected chi connectivity index (χ2v) is 4.07. The molecular weight excluding hydrogens is 244 g/mol. The van der Waals surface area contributed by atoms with Gasteiger partial charge in [0.05, 0.1) is 12.7 Å². The van der Waals surface area contributed by atoms with Gasteiger partial charge < -0.3 is 15.0 Å². The zero-order chi connectivity index (χ0) is 13.2. The van der Waals surface area contributed by atoms with Gasteiger partial charge in [0.25, 0.3) is 0 Å². The lowest BCUT2D eigenvalue weighted by Crippen LogP contribution is -2.07. The van der Waals surface area contributed by atoms with Crippen LogP contribution < -0.4 is 10.6 Å². The van der Waals surface area contributed by atoms with Crippen LogP contribution in [0.25, 0.3) is 5.65 Å². The van der Waals surface area contributed by atoms with Crippen LogP contribution >= 0.6 is 0 Å². The van der Waals surface area contributed by atoms with Crippen molar-refractivity contribution < 1.29 is 0 Å². The van der Waals surface area contributed by atoms with E-state index in [1.54, 1.807) is 17.2 Å². The lowest BCUT2D eigenvalue weighted by atomic mass is 10.5. The van der Waals surface area contributed by atoms with E-state index in [0.717, 1.165) is 11.5 Å². The van der Waals surface area contributed by atoms with Crippen LogP contribution in [0.2, 0.25) is 0 Å². The molecule has 2 N–H and O–H groups in total. The molecule has 0 saturated carbocycles. The number of hydrogen-bond donors (Lipinski definition) is 2. The van der Waals surface area contributed by atoms with Crippen LogP contribution in [0, 0.1) is 0 Å². The molecule has 8 heteroatoms. The maximum absolute atomic E-state index is 4.45. The van der Waals surface area contributed by atoms with E-state index >= 15 is 0 Å². The molecule has 0 spiro atoms. The summed E-state index contributed by atoms with van der Waals surface area (Å²) in [6.07, 6.45) is 7.16. The Morgan fingerprint density at radius 1 is 1.32 bits per heavy atom. The Morgan fingerprint density at radius 3 is 2.95 bits per heavy atom. The van der Waals surface area contributed by atoms with E-state index in [0.29, 0.717) is 18.2 Å². The predicted molar refractivity (Wildman–Crippen MR) is 70.9 cm³/mol. The average Bonchev–Trinajstić information content (AvgIpc) is 3.04. The Labute approximate surface area is 109 Å². The molecular formula is C11H14N8. The number of rotatable bonds is 4. The number of aromatic nitrogens is 6. The smallest absolute Gasteiger partial charge is 0.180 e. The largest absolute Gasteiger partial charge is 0.372 e. The van der Waals surface area contributed by atoms with Crippen LogP contribution in [0.5, 0.6) is 0 Å². The zero-order valence-corrected chi connectivity index (χ0v) is 10.7. The van der Waals surface area contributed by atoms with Crippen molar-refractivity contribution in [3.05, 3.63) is 30.7 Å². The van der Waals surface area contributed by atoms with Crippen LogP contribution in [-0.2, 0) is 13.6 Å². The third kappa shape index (κ3) is 2.19. The average molecular weight is 258 g/mol. The molecule has 0 radical (unpaired) electrons. The normalized spacial score (nSPS) is 10.8. The van der Waals surface area contributed by atoms with E-state index in [4.69, 9.17) is 0 Å². The summed E-state index contributed by atoms with van der Waals surface area (Å²) in [5, 5.41) is 10.4. The molecule has 0 unspecified atom stereocenters. The summed E-state index contributed by atoms with van der Waals surface area (Å²) in [7, 11) is 3.67. The molecule has 0 atom stereocenters. The fraction of sp³-hybridized carbons (Fsp3) is 0.273. The molecule has 0 saturated heterocycles. The summed E-state index contributed by atoms with van der Waals surface area (Å²) in [6, 6.07) is 0. The predicted octanol–water partition coefficient (Wildman–Crippen LogP) is 0.512. The van der Waals surface area contributed by atoms with Crippen molar-refractivity contribution in [2.75, 3.05) is 17.7 Å². The van der Waals surface area contributed by atoms with Gasteiger partial charge in [-0.25, -0.2) is 15.0 Å².